The highest BCUT2D eigenvalue weighted by Crippen LogP contribution is 2.32. The van der Waals surface area contributed by atoms with E-state index in [0.29, 0.717) is 17.6 Å². The number of halogens is 3. The van der Waals surface area contributed by atoms with Crippen LogP contribution in [0.4, 0.5) is 13.2 Å². The molecular formula is C27H35F3O8S. The standard InChI is InChI=1S/C13H13F3O5S.C12H14O3.2CH4/c14-13(15,16)22(18,19)21-12-7-11(6-5-9(12)8-17)20-10-3-1-2-4-10;13-8-9-5-6-11(7-12(9)14)15-10-3-1-2-4-10;;/h5-8,10H,1-4H2;5-8,10,14H,1-4H2;2*1H4. The molecule has 0 radical (unpaired) electrons. The molecule has 1 N–H and O–H groups in total. The van der Waals surface area contributed by atoms with Crippen LogP contribution in [0.1, 0.15) is 86.9 Å². The topological polar surface area (TPSA) is 116 Å². The lowest BCUT2D eigenvalue weighted by Gasteiger charge is -2.15. The second-order valence-electron chi connectivity index (χ2n) is 8.69. The molecule has 2 aliphatic rings. The van der Waals surface area contributed by atoms with Gasteiger partial charge in [0.2, 0.25) is 0 Å². The number of benzene rings is 2. The van der Waals surface area contributed by atoms with E-state index in [4.69, 9.17) is 9.47 Å². The van der Waals surface area contributed by atoms with E-state index in [2.05, 4.69) is 4.18 Å². The summed E-state index contributed by atoms with van der Waals surface area (Å²) in [5.41, 5.74) is -5.59. The van der Waals surface area contributed by atoms with Gasteiger partial charge in [-0.25, -0.2) is 0 Å². The zero-order valence-corrected chi connectivity index (χ0v) is 20.6. The normalized spacial score (nSPS) is 15.7. The van der Waals surface area contributed by atoms with Crippen molar-refractivity contribution in [3.05, 3.63) is 47.5 Å². The van der Waals surface area contributed by atoms with Crippen LogP contribution in [0.2, 0.25) is 0 Å². The van der Waals surface area contributed by atoms with E-state index >= 15 is 0 Å². The largest absolute Gasteiger partial charge is 0.534 e. The van der Waals surface area contributed by atoms with Gasteiger partial charge in [-0.3, -0.25) is 9.59 Å². The maximum atomic E-state index is 12.4. The van der Waals surface area contributed by atoms with E-state index in [-0.39, 0.29) is 50.4 Å². The number of rotatable bonds is 8. The fourth-order valence-electron chi connectivity index (χ4n) is 4.02. The average molecular weight is 577 g/mol. The first kappa shape index (κ1) is 33.7. The van der Waals surface area contributed by atoms with Crippen LogP contribution < -0.4 is 13.7 Å². The molecule has 0 bridgehead atoms. The summed E-state index contributed by atoms with van der Waals surface area (Å²) >= 11 is 0. The van der Waals surface area contributed by atoms with Gasteiger partial charge in [0, 0.05) is 12.1 Å². The number of ether oxygens (including phenoxy) is 2. The molecule has 0 atom stereocenters. The molecule has 218 valence electrons. The van der Waals surface area contributed by atoms with E-state index < -0.39 is 21.4 Å². The molecular weight excluding hydrogens is 541 g/mol. The van der Waals surface area contributed by atoms with Crippen LogP contribution in [-0.2, 0) is 10.1 Å². The Balaban J connectivity index is 0.000000394. The van der Waals surface area contributed by atoms with E-state index in [1.165, 1.54) is 25.0 Å². The van der Waals surface area contributed by atoms with Gasteiger partial charge in [0.1, 0.15) is 17.2 Å². The van der Waals surface area contributed by atoms with E-state index in [1.54, 1.807) is 12.1 Å². The molecule has 0 heterocycles. The highest BCUT2D eigenvalue weighted by molar-refractivity contribution is 7.88. The Hall–Kier alpha value is -3.28. The average Bonchev–Trinajstić information content (AvgIpc) is 3.53. The molecule has 0 saturated heterocycles. The van der Waals surface area contributed by atoms with Crippen LogP contribution in [0.3, 0.4) is 0 Å². The van der Waals surface area contributed by atoms with E-state index in [0.717, 1.165) is 50.7 Å². The summed E-state index contributed by atoms with van der Waals surface area (Å²) in [6.45, 7) is 0. The molecule has 8 nitrogen and oxygen atoms in total. The van der Waals surface area contributed by atoms with Crippen LogP contribution in [-0.4, -0.2) is 43.8 Å². The van der Waals surface area contributed by atoms with Crippen LogP contribution in [0, 0.1) is 0 Å². The van der Waals surface area contributed by atoms with Crippen molar-refractivity contribution in [3.63, 3.8) is 0 Å². The molecule has 0 unspecified atom stereocenters. The van der Waals surface area contributed by atoms with Gasteiger partial charge in [-0.2, -0.15) is 21.6 Å². The molecule has 2 aromatic carbocycles. The van der Waals surface area contributed by atoms with Gasteiger partial charge in [-0.05, 0) is 75.6 Å². The second kappa shape index (κ2) is 14.8. The number of aldehydes is 2. The Bertz CT molecular complexity index is 1190. The van der Waals surface area contributed by atoms with Gasteiger partial charge in [-0.1, -0.05) is 14.9 Å². The third-order valence-electron chi connectivity index (χ3n) is 5.93. The third-order valence-corrected chi connectivity index (χ3v) is 6.90. The summed E-state index contributed by atoms with van der Waals surface area (Å²) in [4.78, 5) is 21.3. The van der Waals surface area contributed by atoms with Crippen molar-refractivity contribution in [1.82, 2.24) is 0 Å². The van der Waals surface area contributed by atoms with Gasteiger partial charge >= 0.3 is 15.6 Å². The Morgan fingerprint density at radius 3 is 1.62 bits per heavy atom. The minimum Gasteiger partial charge on any atom is -0.507 e. The molecule has 4 rings (SSSR count). The minimum absolute atomic E-state index is 0. The molecule has 2 saturated carbocycles. The van der Waals surface area contributed by atoms with E-state index in [9.17, 15) is 36.3 Å². The Kier molecular flexibility index (Phi) is 12.8. The van der Waals surface area contributed by atoms with Gasteiger partial charge in [0.25, 0.3) is 0 Å². The number of phenolic OH excluding ortho intramolecular Hbond substituents is 1. The number of carbonyl (C=O) groups is 2. The van der Waals surface area contributed by atoms with Crippen LogP contribution in [0.5, 0.6) is 23.0 Å². The molecule has 0 aliphatic heterocycles. The summed E-state index contributed by atoms with van der Waals surface area (Å²) in [6, 6.07) is 8.31. The summed E-state index contributed by atoms with van der Waals surface area (Å²) in [7, 11) is -5.84. The quantitative estimate of drug-likeness (QED) is 0.206. The van der Waals surface area contributed by atoms with Crippen LogP contribution in [0.25, 0.3) is 0 Å². The predicted molar refractivity (Wildman–Crippen MR) is 140 cm³/mol. The first-order chi connectivity index (χ1) is 17.5. The van der Waals surface area contributed by atoms with Crippen molar-refractivity contribution in [2.45, 2.75) is 83.9 Å². The number of hydrogen-bond acceptors (Lipinski definition) is 8. The lowest BCUT2D eigenvalue weighted by atomic mass is 10.2. The van der Waals surface area contributed by atoms with Gasteiger partial charge in [-0.15, -0.1) is 0 Å². The maximum Gasteiger partial charge on any atom is 0.534 e. The number of hydrogen-bond donors (Lipinski definition) is 1. The summed E-state index contributed by atoms with van der Waals surface area (Å²) < 4.78 is 74.4. The predicted octanol–water partition coefficient (Wildman–Crippen LogP) is 6.85. The lowest BCUT2D eigenvalue weighted by Crippen LogP contribution is -2.28. The van der Waals surface area contributed by atoms with Crippen LogP contribution in [0.15, 0.2) is 36.4 Å². The van der Waals surface area contributed by atoms with Crippen molar-refractivity contribution in [2.24, 2.45) is 0 Å². The summed E-state index contributed by atoms with van der Waals surface area (Å²) in [5, 5.41) is 9.45. The summed E-state index contributed by atoms with van der Waals surface area (Å²) in [5.74, 6) is 0.0817. The molecule has 12 heteroatoms. The van der Waals surface area contributed by atoms with Crippen molar-refractivity contribution in [3.8, 4) is 23.0 Å². The highest BCUT2D eigenvalue weighted by atomic mass is 32.2. The molecule has 0 spiro atoms. The Morgan fingerprint density at radius 2 is 1.21 bits per heavy atom. The Morgan fingerprint density at radius 1 is 0.769 bits per heavy atom. The lowest BCUT2D eigenvalue weighted by molar-refractivity contribution is -0.0500. The first-order valence-corrected chi connectivity index (χ1v) is 13.1. The zero-order chi connectivity index (χ0) is 27.1. The number of carbonyl (C=O) groups excluding carboxylic acids is 2. The van der Waals surface area contributed by atoms with Gasteiger partial charge in [0.15, 0.2) is 18.3 Å². The number of aromatic hydroxyl groups is 1. The summed E-state index contributed by atoms with van der Waals surface area (Å²) in [6.07, 6.45) is 9.22. The maximum absolute atomic E-state index is 12.4. The zero-order valence-electron chi connectivity index (χ0n) is 19.8. The SMILES string of the molecule is C.C.O=Cc1ccc(OC2CCCC2)cc1O.O=Cc1ccc(OC2CCCC2)cc1OS(=O)(=O)C(F)(F)F. The second-order valence-corrected chi connectivity index (χ2v) is 10.2. The Labute approximate surface area is 227 Å². The number of phenols is 1. The molecule has 0 amide bonds. The fourth-order valence-corrected chi connectivity index (χ4v) is 4.49. The minimum atomic E-state index is -5.84. The van der Waals surface area contributed by atoms with Crippen molar-refractivity contribution in [1.29, 1.82) is 0 Å². The van der Waals surface area contributed by atoms with Gasteiger partial charge in [0.05, 0.1) is 23.3 Å². The van der Waals surface area contributed by atoms with E-state index in [1.807, 2.05) is 0 Å². The van der Waals surface area contributed by atoms with Crippen molar-refractivity contribution >= 4 is 22.7 Å². The first-order valence-electron chi connectivity index (χ1n) is 11.7. The molecule has 2 fully saturated rings. The van der Waals surface area contributed by atoms with Crippen molar-refractivity contribution in [2.75, 3.05) is 0 Å². The number of alkyl halides is 3. The highest BCUT2D eigenvalue weighted by Gasteiger charge is 2.48. The third kappa shape index (κ3) is 9.45. The van der Waals surface area contributed by atoms with Crippen molar-refractivity contribution < 1.29 is 49.9 Å². The smallest absolute Gasteiger partial charge is 0.507 e. The molecule has 2 aliphatic carbocycles. The molecule has 0 aromatic heterocycles. The fraction of sp³-hybridized carbons (Fsp3) is 0.481. The van der Waals surface area contributed by atoms with Gasteiger partial charge < -0.3 is 18.8 Å². The van der Waals surface area contributed by atoms with Crippen LogP contribution >= 0.6 is 0 Å². The molecule has 39 heavy (non-hydrogen) atoms. The monoisotopic (exact) mass is 576 g/mol. The molecule has 2 aromatic rings.